The molecule has 0 radical (unpaired) electrons. The first-order valence-corrected chi connectivity index (χ1v) is 7.25. The molecule has 1 amide bonds. The molecule has 1 atom stereocenters. The van der Waals surface area contributed by atoms with Gasteiger partial charge >= 0.3 is 5.97 Å². The maximum atomic E-state index is 12.1. The fourth-order valence-electron chi connectivity index (χ4n) is 2.36. The topological polar surface area (TPSA) is 64.1 Å². The van der Waals surface area contributed by atoms with Gasteiger partial charge in [0.15, 0.2) is 0 Å². The maximum Gasteiger partial charge on any atom is 0.303 e. The van der Waals surface area contributed by atoms with Crippen LogP contribution in [0.3, 0.4) is 0 Å². The second-order valence-corrected chi connectivity index (χ2v) is 5.93. The van der Waals surface area contributed by atoms with Crippen LogP contribution in [0.1, 0.15) is 19.8 Å². The third-order valence-corrected chi connectivity index (χ3v) is 3.63. The van der Waals surface area contributed by atoms with Crippen LogP contribution < -0.4 is 0 Å². The first-order chi connectivity index (χ1) is 9.38. The highest BCUT2D eigenvalue weighted by Gasteiger charge is 2.22. The number of hydrogen-bond acceptors (Lipinski definition) is 4. The second kappa shape index (κ2) is 8.21. The van der Waals surface area contributed by atoms with Gasteiger partial charge in [0.2, 0.25) is 5.91 Å². The molecule has 0 bridgehead atoms. The van der Waals surface area contributed by atoms with E-state index in [2.05, 4.69) is 23.9 Å². The first-order valence-electron chi connectivity index (χ1n) is 7.25. The number of aliphatic carboxylic acids is 1. The fraction of sp³-hybridized carbons (Fsp3) is 0.857. The molecule has 1 fully saturated rings. The summed E-state index contributed by atoms with van der Waals surface area (Å²) in [6.07, 6.45) is 0.401. The SMILES string of the molecule is CC(CC(=O)O)CC(=O)N1CCN(CCN(C)C)CC1. The van der Waals surface area contributed by atoms with Crippen molar-refractivity contribution in [1.82, 2.24) is 14.7 Å². The molecule has 1 N–H and O–H groups in total. The normalized spacial score (nSPS) is 18.3. The molecule has 1 heterocycles. The molecule has 0 aliphatic carbocycles. The molecule has 1 aliphatic rings. The van der Waals surface area contributed by atoms with E-state index in [-0.39, 0.29) is 18.2 Å². The average Bonchev–Trinajstić information content (AvgIpc) is 2.35. The van der Waals surface area contributed by atoms with Crippen molar-refractivity contribution in [3.05, 3.63) is 0 Å². The van der Waals surface area contributed by atoms with Gasteiger partial charge in [-0.1, -0.05) is 6.92 Å². The summed E-state index contributed by atoms with van der Waals surface area (Å²) in [6, 6.07) is 0. The van der Waals surface area contributed by atoms with Crippen LogP contribution >= 0.6 is 0 Å². The molecule has 0 aromatic carbocycles. The summed E-state index contributed by atoms with van der Waals surface area (Å²) in [7, 11) is 4.12. The molecule has 0 spiro atoms. The molecule has 116 valence electrons. The van der Waals surface area contributed by atoms with Gasteiger partial charge in [-0.3, -0.25) is 14.5 Å². The van der Waals surface area contributed by atoms with Crippen LogP contribution in [-0.2, 0) is 9.59 Å². The molecule has 6 nitrogen and oxygen atoms in total. The maximum absolute atomic E-state index is 12.1. The Morgan fingerprint density at radius 2 is 1.75 bits per heavy atom. The van der Waals surface area contributed by atoms with Crippen molar-refractivity contribution >= 4 is 11.9 Å². The summed E-state index contributed by atoms with van der Waals surface area (Å²) < 4.78 is 0. The smallest absolute Gasteiger partial charge is 0.303 e. The zero-order valence-electron chi connectivity index (χ0n) is 12.8. The molecule has 20 heavy (non-hydrogen) atoms. The Morgan fingerprint density at radius 1 is 1.15 bits per heavy atom. The molecule has 1 rings (SSSR count). The lowest BCUT2D eigenvalue weighted by Gasteiger charge is -2.35. The van der Waals surface area contributed by atoms with Gasteiger partial charge in [0, 0.05) is 52.1 Å². The summed E-state index contributed by atoms with van der Waals surface area (Å²) >= 11 is 0. The summed E-state index contributed by atoms with van der Waals surface area (Å²) in [5.74, 6) is -0.836. The minimum Gasteiger partial charge on any atom is -0.481 e. The molecule has 6 heteroatoms. The van der Waals surface area contributed by atoms with E-state index in [1.165, 1.54) is 0 Å². The Balaban J connectivity index is 2.26. The molecule has 1 aliphatic heterocycles. The van der Waals surface area contributed by atoms with E-state index in [9.17, 15) is 9.59 Å². The summed E-state index contributed by atoms with van der Waals surface area (Å²) in [5, 5.41) is 8.71. The highest BCUT2D eigenvalue weighted by Crippen LogP contribution is 2.11. The number of amides is 1. The van der Waals surface area contributed by atoms with Gasteiger partial charge in [0.1, 0.15) is 0 Å². The lowest BCUT2D eigenvalue weighted by Crippen LogP contribution is -2.50. The van der Waals surface area contributed by atoms with Gasteiger partial charge in [0.05, 0.1) is 0 Å². The van der Waals surface area contributed by atoms with Crippen molar-refractivity contribution in [3.8, 4) is 0 Å². The molecular weight excluding hydrogens is 258 g/mol. The molecule has 0 aromatic heterocycles. The van der Waals surface area contributed by atoms with Gasteiger partial charge in [-0.15, -0.1) is 0 Å². The van der Waals surface area contributed by atoms with Crippen molar-refractivity contribution in [3.63, 3.8) is 0 Å². The number of carbonyl (C=O) groups is 2. The zero-order valence-corrected chi connectivity index (χ0v) is 12.8. The highest BCUT2D eigenvalue weighted by molar-refractivity contribution is 5.77. The van der Waals surface area contributed by atoms with Gasteiger partial charge in [-0.05, 0) is 20.0 Å². The number of likely N-dealkylation sites (N-methyl/N-ethyl adjacent to an activating group) is 1. The third-order valence-electron chi connectivity index (χ3n) is 3.63. The Morgan fingerprint density at radius 3 is 2.25 bits per heavy atom. The van der Waals surface area contributed by atoms with E-state index in [1.807, 2.05) is 11.8 Å². The first kappa shape index (κ1) is 16.9. The van der Waals surface area contributed by atoms with Crippen molar-refractivity contribution < 1.29 is 14.7 Å². The van der Waals surface area contributed by atoms with E-state index in [0.717, 1.165) is 39.3 Å². The third kappa shape index (κ3) is 6.34. The van der Waals surface area contributed by atoms with Crippen molar-refractivity contribution in [1.29, 1.82) is 0 Å². The summed E-state index contributed by atoms with van der Waals surface area (Å²) in [4.78, 5) is 29.1. The number of carbonyl (C=O) groups excluding carboxylic acids is 1. The predicted octanol–water partition coefficient (Wildman–Crippen LogP) is 0.193. The van der Waals surface area contributed by atoms with E-state index in [0.29, 0.717) is 6.42 Å². The van der Waals surface area contributed by atoms with Crippen molar-refractivity contribution in [2.45, 2.75) is 19.8 Å². The largest absolute Gasteiger partial charge is 0.481 e. The minimum absolute atomic E-state index is 0.0640. The van der Waals surface area contributed by atoms with Crippen molar-refractivity contribution in [2.75, 3.05) is 53.4 Å². The van der Waals surface area contributed by atoms with Crippen LogP contribution in [0, 0.1) is 5.92 Å². The molecule has 1 unspecified atom stereocenters. The fourth-order valence-corrected chi connectivity index (χ4v) is 2.36. The Labute approximate surface area is 121 Å². The van der Waals surface area contributed by atoms with Crippen LogP contribution in [0.15, 0.2) is 0 Å². The molecule has 1 saturated heterocycles. The average molecular weight is 285 g/mol. The number of carboxylic acids is 1. The van der Waals surface area contributed by atoms with Crippen LogP contribution in [0.5, 0.6) is 0 Å². The number of carboxylic acid groups (broad SMARTS) is 1. The predicted molar refractivity (Wildman–Crippen MR) is 77.6 cm³/mol. The quantitative estimate of drug-likeness (QED) is 0.723. The van der Waals surface area contributed by atoms with E-state index >= 15 is 0 Å². The number of piperazine rings is 1. The summed E-state index contributed by atoms with van der Waals surface area (Å²) in [6.45, 7) is 7.21. The number of nitrogens with zero attached hydrogens (tertiary/aromatic N) is 3. The van der Waals surface area contributed by atoms with E-state index < -0.39 is 5.97 Å². The van der Waals surface area contributed by atoms with E-state index in [1.54, 1.807) is 0 Å². The molecule has 0 aromatic rings. The lowest BCUT2D eigenvalue weighted by molar-refractivity contribution is -0.139. The second-order valence-electron chi connectivity index (χ2n) is 5.93. The standard InChI is InChI=1S/C14H27N3O3/c1-12(11-14(19)20)10-13(18)17-8-6-16(7-9-17)5-4-15(2)3/h12H,4-11H2,1-3H3,(H,19,20). The Bertz CT molecular complexity index is 326. The van der Waals surface area contributed by atoms with E-state index in [4.69, 9.17) is 5.11 Å². The van der Waals surface area contributed by atoms with Crippen LogP contribution in [0.4, 0.5) is 0 Å². The zero-order chi connectivity index (χ0) is 15.1. The minimum atomic E-state index is -0.834. The van der Waals surface area contributed by atoms with Gasteiger partial charge in [-0.2, -0.15) is 0 Å². The van der Waals surface area contributed by atoms with Crippen LogP contribution in [0.2, 0.25) is 0 Å². The monoisotopic (exact) mass is 285 g/mol. The summed E-state index contributed by atoms with van der Waals surface area (Å²) in [5.41, 5.74) is 0. The van der Waals surface area contributed by atoms with Gasteiger partial charge in [0.25, 0.3) is 0 Å². The number of hydrogen-bond donors (Lipinski definition) is 1. The van der Waals surface area contributed by atoms with Crippen LogP contribution in [0.25, 0.3) is 0 Å². The van der Waals surface area contributed by atoms with Crippen molar-refractivity contribution in [2.24, 2.45) is 5.92 Å². The van der Waals surface area contributed by atoms with Crippen LogP contribution in [-0.4, -0.2) is 85.0 Å². The van der Waals surface area contributed by atoms with Gasteiger partial charge in [-0.25, -0.2) is 0 Å². The Hall–Kier alpha value is -1.14. The van der Waals surface area contributed by atoms with Gasteiger partial charge < -0.3 is 14.9 Å². The lowest BCUT2D eigenvalue weighted by atomic mass is 10.0. The Kier molecular flexibility index (Phi) is 6.95. The number of rotatable bonds is 7. The molecule has 0 saturated carbocycles. The highest BCUT2D eigenvalue weighted by atomic mass is 16.4. The molecular formula is C14H27N3O3.